The van der Waals surface area contributed by atoms with E-state index in [-0.39, 0.29) is 11.8 Å². The van der Waals surface area contributed by atoms with Crippen molar-refractivity contribution in [3.8, 4) is 5.75 Å². The van der Waals surface area contributed by atoms with Gasteiger partial charge in [-0.05, 0) is 54.3 Å². The molecule has 0 saturated carbocycles. The second-order valence-electron chi connectivity index (χ2n) is 11.7. The number of carbonyl (C=O) groups is 2. The smallest absolute Gasteiger partial charge is 0.278 e. The van der Waals surface area contributed by atoms with E-state index in [1.165, 1.54) is 0 Å². The van der Waals surface area contributed by atoms with Gasteiger partial charge in [0.15, 0.2) is 5.41 Å². The van der Waals surface area contributed by atoms with Crippen LogP contribution in [0.5, 0.6) is 5.75 Å². The summed E-state index contributed by atoms with van der Waals surface area (Å²) in [5, 5.41) is 0. The lowest BCUT2D eigenvalue weighted by Gasteiger charge is -2.37. The summed E-state index contributed by atoms with van der Waals surface area (Å²) < 4.78 is 6.94. The summed E-state index contributed by atoms with van der Waals surface area (Å²) in [5.41, 5.74) is 5.11. The molecule has 5 heteroatoms. The van der Waals surface area contributed by atoms with Gasteiger partial charge in [-0.15, -0.1) is 0 Å². The minimum atomic E-state index is -1.61. The molecule has 2 unspecified atom stereocenters. The zero-order valence-electron chi connectivity index (χ0n) is 24.1. The fourth-order valence-electron chi connectivity index (χ4n) is 7.46. The first kappa shape index (κ1) is 25.5. The van der Waals surface area contributed by atoms with E-state index in [2.05, 4.69) is 38.1 Å². The van der Waals surface area contributed by atoms with Crippen molar-refractivity contribution >= 4 is 23.2 Å². The maximum atomic E-state index is 15.4. The van der Waals surface area contributed by atoms with Crippen LogP contribution in [0.25, 0.3) is 0 Å². The zero-order chi connectivity index (χ0) is 29.3. The number of aryl methyl sites for hydroxylation is 2. The maximum absolute atomic E-state index is 15.4. The molecule has 2 atom stereocenters. The molecule has 2 spiro atoms. The Morgan fingerprint density at radius 1 is 0.535 bits per heavy atom. The van der Waals surface area contributed by atoms with E-state index in [0.29, 0.717) is 24.4 Å². The lowest BCUT2D eigenvalue weighted by Crippen LogP contribution is -2.60. The van der Waals surface area contributed by atoms with Crippen molar-refractivity contribution in [3.63, 3.8) is 0 Å². The van der Waals surface area contributed by atoms with E-state index in [9.17, 15) is 0 Å². The second kappa shape index (κ2) is 9.17. The Hall–Kier alpha value is -5.16. The molecule has 0 aliphatic carbocycles. The van der Waals surface area contributed by atoms with Crippen LogP contribution >= 0.6 is 0 Å². The Kier molecular flexibility index (Phi) is 5.45. The monoisotopic (exact) mass is 562 g/mol. The molecule has 5 nitrogen and oxygen atoms in total. The molecule has 5 aromatic carbocycles. The number of rotatable bonds is 4. The molecule has 210 valence electrons. The minimum Gasteiger partial charge on any atom is -0.470 e. The summed E-state index contributed by atoms with van der Waals surface area (Å²) in [7, 11) is 0. The maximum Gasteiger partial charge on any atom is 0.278 e. The number of carbonyl (C=O) groups excluding carboxylic acids is 2. The van der Waals surface area contributed by atoms with Gasteiger partial charge in [0.25, 0.3) is 5.91 Å². The molecule has 0 saturated heterocycles. The third kappa shape index (κ3) is 3.22. The minimum absolute atomic E-state index is 0.150. The van der Waals surface area contributed by atoms with Crippen molar-refractivity contribution in [3.05, 3.63) is 160 Å². The first-order valence-corrected chi connectivity index (χ1v) is 14.7. The largest absolute Gasteiger partial charge is 0.470 e. The standard InChI is InChI=1S/C38H30N2O3/c1-25-13-3-5-15-27(25)23-39-32-20-10-7-17-29(32)37(35(39)41)31-19-9-12-22-34(31)43-38(37)30-18-8-11-21-33(30)40(36(38)42)24-28-16-6-4-14-26(28)2/h3-22H,23-24H2,1-2H3. The number of hydrogen-bond donors (Lipinski definition) is 0. The molecule has 0 N–H and O–H groups in total. The summed E-state index contributed by atoms with van der Waals surface area (Å²) in [6.07, 6.45) is 0. The fraction of sp³-hybridized carbons (Fsp3) is 0.158. The van der Waals surface area contributed by atoms with Gasteiger partial charge in [-0.3, -0.25) is 9.59 Å². The van der Waals surface area contributed by atoms with Gasteiger partial charge >= 0.3 is 0 Å². The molecule has 3 heterocycles. The fourth-order valence-corrected chi connectivity index (χ4v) is 7.46. The SMILES string of the molecule is Cc1ccccc1CN1C(=O)C2(Oc3ccccc3C23C(=O)N(Cc2ccccc2C)c2ccccc23)c2ccccc21. The molecule has 2 amide bonds. The third-order valence-electron chi connectivity index (χ3n) is 9.55. The highest BCUT2D eigenvalue weighted by molar-refractivity contribution is 6.21. The van der Waals surface area contributed by atoms with Crippen LogP contribution < -0.4 is 14.5 Å². The van der Waals surface area contributed by atoms with E-state index >= 15 is 9.59 Å². The molecule has 0 radical (unpaired) electrons. The summed E-state index contributed by atoms with van der Waals surface area (Å²) in [6, 6.07) is 39.6. The van der Waals surface area contributed by atoms with Gasteiger partial charge in [0, 0.05) is 22.4 Å². The Morgan fingerprint density at radius 2 is 1.00 bits per heavy atom. The lowest BCUT2D eigenvalue weighted by molar-refractivity contribution is -0.143. The van der Waals surface area contributed by atoms with Gasteiger partial charge in [0.2, 0.25) is 11.5 Å². The van der Waals surface area contributed by atoms with Crippen LogP contribution in [0.4, 0.5) is 11.4 Å². The van der Waals surface area contributed by atoms with Crippen molar-refractivity contribution in [1.82, 2.24) is 0 Å². The highest BCUT2D eigenvalue weighted by Crippen LogP contribution is 2.66. The van der Waals surface area contributed by atoms with E-state index < -0.39 is 11.0 Å². The molecule has 0 aromatic heterocycles. The summed E-state index contributed by atoms with van der Waals surface area (Å²) >= 11 is 0. The van der Waals surface area contributed by atoms with Crippen LogP contribution in [0.3, 0.4) is 0 Å². The molecule has 3 aliphatic heterocycles. The molecule has 3 aliphatic rings. The van der Waals surface area contributed by atoms with Crippen molar-refractivity contribution in [2.24, 2.45) is 0 Å². The van der Waals surface area contributed by atoms with Gasteiger partial charge in [-0.1, -0.05) is 103 Å². The Bertz CT molecular complexity index is 1960. The molecule has 5 aromatic rings. The predicted molar refractivity (Wildman–Crippen MR) is 167 cm³/mol. The number of hydrogen-bond acceptors (Lipinski definition) is 3. The Labute approximate surface area is 251 Å². The van der Waals surface area contributed by atoms with Crippen molar-refractivity contribution in [1.29, 1.82) is 0 Å². The molecule has 0 bridgehead atoms. The number of amides is 2. The van der Waals surface area contributed by atoms with E-state index in [0.717, 1.165) is 44.8 Å². The first-order valence-electron chi connectivity index (χ1n) is 14.7. The van der Waals surface area contributed by atoms with Gasteiger partial charge in [0.05, 0.1) is 18.8 Å². The van der Waals surface area contributed by atoms with Crippen LogP contribution in [0.15, 0.2) is 121 Å². The predicted octanol–water partition coefficient (Wildman–Crippen LogP) is 6.97. The number of ether oxygens (including phenoxy) is 1. The van der Waals surface area contributed by atoms with Crippen LogP contribution in [-0.4, -0.2) is 11.8 Å². The second-order valence-corrected chi connectivity index (χ2v) is 11.7. The molecular formula is C38H30N2O3. The summed E-state index contributed by atoms with van der Waals surface area (Å²) in [5.74, 6) is 0.182. The van der Waals surface area contributed by atoms with E-state index in [1.807, 2.05) is 107 Å². The molecule has 0 fully saturated rings. The quantitative estimate of drug-likeness (QED) is 0.238. The highest BCUT2D eigenvalue weighted by atomic mass is 16.5. The topological polar surface area (TPSA) is 49.9 Å². The van der Waals surface area contributed by atoms with Gasteiger partial charge in [-0.2, -0.15) is 0 Å². The van der Waals surface area contributed by atoms with Crippen LogP contribution in [0, 0.1) is 13.8 Å². The summed E-state index contributed by atoms with van der Waals surface area (Å²) in [6.45, 7) is 4.89. The number of para-hydroxylation sites is 3. The van der Waals surface area contributed by atoms with Gasteiger partial charge < -0.3 is 14.5 Å². The lowest BCUT2D eigenvalue weighted by atomic mass is 9.62. The van der Waals surface area contributed by atoms with Crippen molar-refractivity contribution in [2.45, 2.75) is 38.0 Å². The van der Waals surface area contributed by atoms with Crippen LogP contribution in [0.1, 0.15) is 38.9 Å². The number of anilines is 2. The molecule has 8 rings (SSSR count). The normalized spacial score (nSPS) is 21.3. The number of fused-ring (bicyclic) bond motifs is 7. The Balaban J connectivity index is 1.39. The van der Waals surface area contributed by atoms with Crippen molar-refractivity contribution < 1.29 is 14.3 Å². The number of nitrogens with zero attached hydrogens (tertiary/aromatic N) is 2. The highest BCUT2D eigenvalue weighted by Gasteiger charge is 2.77. The van der Waals surface area contributed by atoms with Crippen LogP contribution in [0.2, 0.25) is 0 Å². The number of benzene rings is 5. The first-order chi connectivity index (χ1) is 21.0. The van der Waals surface area contributed by atoms with E-state index in [4.69, 9.17) is 4.74 Å². The summed E-state index contributed by atoms with van der Waals surface area (Å²) in [4.78, 5) is 34.3. The van der Waals surface area contributed by atoms with E-state index in [1.54, 1.807) is 0 Å². The average Bonchev–Trinajstić information content (AvgIpc) is 3.57. The van der Waals surface area contributed by atoms with Crippen molar-refractivity contribution in [2.75, 3.05) is 9.80 Å². The van der Waals surface area contributed by atoms with Gasteiger partial charge in [-0.25, -0.2) is 0 Å². The molecule has 43 heavy (non-hydrogen) atoms. The van der Waals surface area contributed by atoms with Gasteiger partial charge in [0.1, 0.15) is 5.75 Å². The molecular weight excluding hydrogens is 532 g/mol. The zero-order valence-corrected chi connectivity index (χ0v) is 24.1. The van der Waals surface area contributed by atoms with Crippen LogP contribution in [-0.2, 0) is 33.7 Å². The average molecular weight is 563 g/mol. The Morgan fingerprint density at radius 3 is 1.63 bits per heavy atom. The third-order valence-corrected chi connectivity index (χ3v) is 9.55.